The summed E-state index contributed by atoms with van der Waals surface area (Å²) in [6.07, 6.45) is 0. The Morgan fingerprint density at radius 1 is 1.35 bits per heavy atom. The second kappa shape index (κ2) is 6.23. The van der Waals surface area contributed by atoms with Gasteiger partial charge < -0.3 is 10.6 Å². The first-order valence-corrected chi connectivity index (χ1v) is 5.75. The van der Waals surface area contributed by atoms with E-state index in [1.165, 1.54) is 6.07 Å². The lowest BCUT2D eigenvalue weighted by atomic mass is 10.1. The van der Waals surface area contributed by atoms with Crippen molar-refractivity contribution in [2.45, 2.75) is 27.3 Å². The van der Waals surface area contributed by atoms with Gasteiger partial charge in [0.1, 0.15) is 5.82 Å². The lowest BCUT2D eigenvalue weighted by Gasteiger charge is -2.09. The lowest BCUT2D eigenvalue weighted by Crippen LogP contribution is -2.37. The molecule has 0 aromatic heterocycles. The Bertz CT molecular complexity index is 391. The van der Waals surface area contributed by atoms with Crippen molar-refractivity contribution < 1.29 is 9.18 Å². The Hall–Kier alpha value is -1.58. The minimum absolute atomic E-state index is 0.223. The number of rotatable bonds is 4. The predicted molar refractivity (Wildman–Crippen MR) is 66.2 cm³/mol. The molecular formula is C13H19FN2O. The fourth-order valence-electron chi connectivity index (χ4n) is 1.29. The molecule has 0 bridgehead atoms. The van der Waals surface area contributed by atoms with Gasteiger partial charge in [-0.2, -0.15) is 0 Å². The topological polar surface area (TPSA) is 41.1 Å². The summed E-state index contributed by atoms with van der Waals surface area (Å²) in [7, 11) is 0. The molecule has 17 heavy (non-hydrogen) atoms. The molecular weight excluding hydrogens is 219 g/mol. The highest BCUT2D eigenvalue weighted by Gasteiger charge is 2.03. The molecule has 2 amide bonds. The maximum absolute atomic E-state index is 13.2. The number of nitrogens with one attached hydrogen (secondary N) is 2. The molecule has 3 nitrogen and oxygen atoms in total. The fourth-order valence-corrected chi connectivity index (χ4v) is 1.29. The lowest BCUT2D eigenvalue weighted by molar-refractivity contribution is 0.239. The molecule has 1 rings (SSSR count). The number of urea groups is 1. The molecule has 0 aliphatic heterocycles. The van der Waals surface area contributed by atoms with E-state index in [1.807, 2.05) is 13.8 Å². The molecule has 0 saturated heterocycles. The third-order valence-electron chi connectivity index (χ3n) is 2.36. The van der Waals surface area contributed by atoms with Crippen LogP contribution in [0.5, 0.6) is 0 Å². The van der Waals surface area contributed by atoms with Crippen LogP contribution in [0.2, 0.25) is 0 Å². The zero-order valence-electron chi connectivity index (χ0n) is 10.5. The van der Waals surface area contributed by atoms with Gasteiger partial charge in [-0.3, -0.25) is 0 Å². The molecule has 2 N–H and O–H groups in total. The number of amides is 2. The maximum Gasteiger partial charge on any atom is 0.315 e. The summed E-state index contributed by atoms with van der Waals surface area (Å²) in [5.74, 6) is 0.171. The van der Waals surface area contributed by atoms with Crippen LogP contribution in [-0.2, 0) is 6.54 Å². The molecule has 0 saturated carbocycles. The number of benzene rings is 1. The van der Waals surface area contributed by atoms with Crippen LogP contribution in [-0.4, -0.2) is 12.6 Å². The molecule has 0 aliphatic carbocycles. The van der Waals surface area contributed by atoms with Crippen LogP contribution in [0.25, 0.3) is 0 Å². The van der Waals surface area contributed by atoms with Gasteiger partial charge in [-0.25, -0.2) is 9.18 Å². The van der Waals surface area contributed by atoms with E-state index < -0.39 is 0 Å². The first-order chi connectivity index (χ1) is 7.99. The molecule has 0 atom stereocenters. The molecule has 0 spiro atoms. The van der Waals surface area contributed by atoms with Gasteiger partial charge in [-0.15, -0.1) is 0 Å². The number of hydrogen-bond donors (Lipinski definition) is 2. The summed E-state index contributed by atoms with van der Waals surface area (Å²) in [5.41, 5.74) is 1.37. The number of hydrogen-bond acceptors (Lipinski definition) is 1. The van der Waals surface area contributed by atoms with Gasteiger partial charge >= 0.3 is 6.03 Å². The molecule has 0 aliphatic rings. The molecule has 94 valence electrons. The van der Waals surface area contributed by atoms with Gasteiger partial charge in [-0.1, -0.05) is 26.0 Å². The first kappa shape index (κ1) is 13.5. The molecule has 0 radical (unpaired) electrons. The smallest absolute Gasteiger partial charge is 0.315 e. The van der Waals surface area contributed by atoms with Crippen molar-refractivity contribution in [1.82, 2.24) is 10.6 Å². The van der Waals surface area contributed by atoms with Crippen molar-refractivity contribution in [3.63, 3.8) is 0 Å². The van der Waals surface area contributed by atoms with E-state index in [0.717, 1.165) is 5.56 Å². The Labute approximate surface area is 101 Å². The van der Waals surface area contributed by atoms with Crippen molar-refractivity contribution in [1.29, 1.82) is 0 Å². The Morgan fingerprint density at radius 2 is 2.06 bits per heavy atom. The van der Waals surface area contributed by atoms with Crippen LogP contribution in [0.3, 0.4) is 0 Å². The van der Waals surface area contributed by atoms with Crippen molar-refractivity contribution in [3.8, 4) is 0 Å². The summed E-state index contributed by atoms with van der Waals surface area (Å²) in [6.45, 7) is 6.72. The quantitative estimate of drug-likeness (QED) is 0.831. The van der Waals surface area contributed by atoms with Gasteiger partial charge in [0.15, 0.2) is 0 Å². The normalized spacial score (nSPS) is 10.4. The van der Waals surface area contributed by atoms with E-state index in [2.05, 4.69) is 10.6 Å². The Kier molecular flexibility index (Phi) is 4.94. The second-order valence-corrected chi connectivity index (χ2v) is 4.54. The maximum atomic E-state index is 13.2. The second-order valence-electron chi connectivity index (χ2n) is 4.54. The van der Waals surface area contributed by atoms with Crippen molar-refractivity contribution in [2.24, 2.45) is 5.92 Å². The van der Waals surface area contributed by atoms with Gasteiger partial charge in [0.05, 0.1) is 0 Å². The summed E-state index contributed by atoms with van der Waals surface area (Å²) >= 11 is 0. The summed E-state index contributed by atoms with van der Waals surface area (Å²) in [5, 5.41) is 5.42. The predicted octanol–water partition coefficient (Wildman–Crippen LogP) is 2.59. The van der Waals surface area contributed by atoms with Gasteiger partial charge in [0.25, 0.3) is 0 Å². The van der Waals surface area contributed by atoms with Crippen LogP contribution in [0.4, 0.5) is 9.18 Å². The zero-order chi connectivity index (χ0) is 12.8. The molecule has 0 fully saturated rings. The van der Waals surface area contributed by atoms with E-state index in [1.54, 1.807) is 19.1 Å². The highest BCUT2D eigenvalue weighted by Crippen LogP contribution is 2.08. The number of carbonyl (C=O) groups is 1. The Balaban J connectivity index is 2.39. The average Bonchev–Trinajstić information content (AvgIpc) is 2.28. The molecule has 1 aromatic rings. The summed E-state index contributed by atoms with van der Waals surface area (Å²) < 4.78 is 13.2. The van der Waals surface area contributed by atoms with Crippen LogP contribution in [0, 0.1) is 18.7 Å². The highest BCUT2D eigenvalue weighted by atomic mass is 19.1. The summed E-state index contributed by atoms with van der Waals surface area (Å²) in [6, 6.07) is 4.73. The molecule has 0 heterocycles. The third-order valence-corrected chi connectivity index (χ3v) is 2.36. The molecule has 1 aromatic carbocycles. The molecule has 4 heteroatoms. The monoisotopic (exact) mass is 238 g/mol. The minimum atomic E-state index is -0.244. The van der Waals surface area contributed by atoms with Crippen molar-refractivity contribution in [3.05, 3.63) is 35.1 Å². The first-order valence-electron chi connectivity index (χ1n) is 5.75. The molecule has 0 unspecified atom stereocenters. The number of halogens is 1. The van der Waals surface area contributed by atoms with Crippen LogP contribution < -0.4 is 10.6 Å². The number of aryl methyl sites for hydroxylation is 1. The Morgan fingerprint density at radius 3 is 2.65 bits per heavy atom. The SMILES string of the molecule is Cc1ccc(CNC(=O)NCC(C)C)cc1F. The summed E-state index contributed by atoms with van der Waals surface area (Å²) in [4.78, 5) is 11.4. The minimum Gasteiger partial charge on any atom is -0.338 e. The third kappa shape index (κ3) is 4.85. The fraction of sp³-hybridized carbons (Fsp3) is 0.462. The van der Waals surface area contributed by atoms with Crippen LogP contribution in [0.15, 0.2) is 18.2 Å². The van der Waals surface area contributed by atoms with Crippen LogP contribution in [0.1, 0.15) is 25.0 Å². The highest BCUT2D eigenvalue weighted by molar-refractivity contribution is 5.73. The van der Waals surface area contributed by atoms with Gasteiger partial charge in [-0.05, 0) is 30.0 Å². The van der Waals surface area contributed by atoms with Crippen molar-refractivity contribution in [2.75, 3.05) is 6.54 Å². The standard InChI is InChI=1S/C13H19FN2O/c1-9(2)7-15-13(17)16-8-11-5-4-10(3)12(14)6-11/h4-6,9H,7-8H2,1-3H3,(H2,15,16,17). The number of carbonyl (C=O) groups excluding carboxylic acids is 1. The van der Waals surface area contributed by atoms with E-state index in [-0.39, 0.29) is 11.8 Å². The largest absolute Gasteiger partial charge is 0.338 e. The van der Waals surface area contributed by atoms with E-state index in [9.17, 15) is 9.18 Å². The van der Waals surface area contributed by atoms with E-state index in [0.29, 0.717) is 24.6 Å². The van der Waals surface area contributed by atoms with E-state index in [4.69, 9.17) is 0 Å². The average molecular weight is 238 g/mol. The van der Waals surface area contributed by atoms with Gasteiger partial charge in [0, 0.05) is 13.1 Å². The van der Waals surface area contributed by atoms with Gasteiger partial charge in [0.2, 0.25) is 0 Å². The zero-order valence-corrected chi connectivity index (χ0v) is 10.5. The van der Waals surface area contributed by atoms with E-state index >= 15 is 0 Å². The van der Waals surface area contributed by atoms with Crippen molar-refractivity contribution >= 4 is 6.03 Å². The van der Waals surface area contributed by atoms with Crippen LogP contribution >= 0.6 is 0 Å².